The molecule has 2 fully saturated rings. The number of methoxy groups -OCH3 is 1. The first-order chi connectivity index (χ1) is 15.2. The number of nitriles is 1. The second kappa shape index (κ2) is 8.01. The molecule has 0 bridgehead atoms. The van der Waals surface area contributed by atoms with Gasteiger partial charge >= 0.3 is 6.16 Å². The van der Waals surface area contributed by atoms with Gasteiger partial charge < -0.3 is 28.6 Å². The maximum atomic E-state index is 11.5. The van der Waals surface area contributed by atoms with Crippen LogP contribution in [0.3, 0.4) is 0 Å². The molecule has 2 aliphatic heterocycles. The van der Waals surface area contributed by atoms with E-state index in [9.17, 15) is 10.1 Å². The lowest BCUT2D eigenvalue weighted by molar-refractivity contribution is -0.205. The summed E-state index contributed by atoms with van der Waals surface area (Å²) in [6.45, 7) is 3.32. The number of hydrogen-bond donors (Lipinski definition) is 0. The van der Waals surface area contributed by atoms with Crippen molar-refractivity contribution >= 4 is 23.8 Å². The molecular formula is C20H24N6O6. The van der Waals surface area contributed by atoms with Crippen LogP contribution in [0.25, 0.3) is 5.52 Å². The normalized spacial score (nSPS) is 28.6. The topological polar surface area (TPSA) is 133 Å². The van der Waals surface area contributed by atoms with E-state index < -0.39 is 35.9 Å². The molecule has 0 spiro atoms. The lowest BCUT2D eigenvalue weighted by atomic mass is 9.92. The molecule has 0 aliphatic carbocycles. The number of carbonyl (C=O) groups excluding carboxylic acids is 1. The fourth-order valence-corrected chi connectivity index (χ4v) is 3.91. The number of aliphatic imine (C=N–C) groups is 1. The van der Waals surface area contributed by atoms with Gasteiger partial charge in [-0.3, -0.25) is 0 Å². The number of hydrogen-bond acceptors (Lipinski definition) is 10. The van der Waals surface area contributed by atoms with E-state index >= 15 is 0 Å². The third-order valence-electron chi connectivity index (χ3n) is 5.15. The highest BCUT2D eigenvalue weighted by Gasteiger charge is 2.65. The van der Waals surface area contributed by atoms with E-state index in [4.69, 9.17) is 18.9 Å². The maximum Gasteiger partial charge on any atom is 0.508 e. The molecule has 0 saturated carbocycles. The van der Waals surface area contributed by atoms with Crippen LogP contribution >= 0.6 is 0 Å². The van der Waals surface area contributed by atoms with Gasteiger partial charge in [-0.1, -0.05) is 0 Å². The second-order valence-corrected chi connectivity index (χ2v) is 8.10. The van der Waals surface area contributed by atoms with Gasteiger partial charge in [-0.2, -0.15) is 10.4 Å². The van der Waals surface area contributed by atoms with Crippen LogP contribution in [0.2, 0.25) is 0 Å². The van der Waals surface area contributed by atoms with Crippen LogP contribution in [0, 0.1) is 11.3 Å². The zero-order valence-corrected chi connectivity index (χ0v) is 18.4. The van der Waals surface area contributed by atoms with Crippen LogP contribution in [0.1, 0.15) is 19.5 Å². The first-order valence-corrected chi connectivity index (χ1v) is 9.90. The van der Waals surface area contributed by atoms with Crippen LogP contribution in [0.15, 0.2) is 23.5 Å². The van der Waals surface area contributed by atoms with Crippen molar-refractivity contribution in [3.8, 4) is 6.07 Å². The Bertz CT molecular complexity index is 1090. The minimum atomic E-state index is -1.58. The lowest BCUT2D eigenvalue weighted by Crippen LogP contribution is -2.40. The first-order valence-electron chi connectivity index (χ1n) is 9.90. The Balaban J connectivity index is 1.77. The van der Waals surface area contributed by atoms with Crippen LogP contribution in [0.5, 0.6) is 0 Å². The van der Waals surface area contributed by atoms with Crippen molar-refractivity contribution in [2.24, 2.45) is 4.99 Å². The highest BCUT2D eigenvalue weighted by Crippen LogP contribution is 2.49. The summed E-state index contributed by atoms with van der Waals surface area (Å²) in [6, 6.07) is 5.73. The SMILES string of the molecule is COC(=O)OC[C@H]1O[C@@](C#N)(c2ccc3c(N=CN(C)C)ncnn23)[C@@H]2OC(C)(C)O[C@@H]21. The third-order valence-corrected chi connectivity index (χ3v) is 5.15. The van der Waals surface area contributed by atoms with Gasteiger partial charge in [0.05, 0.1) is 19.1 Å². The van der Waals surface area contributed by atoms with Crippen LogP contribution in [0.4, 0.5) is 10.6 Å². The minimum absolute atomic E-state index is 0.173. The first kappa shape index (κ1) is 21.9. The summed E-state index contributed by atoms with van der Waals surface area (Å²) in [4.78, 5) is 21.9. The molecule has 0 N–H and O–H groups in total. The van der Waals surface area contributed by atoms with Crippen LogP contribution < -0.4 is 0 Å². The van der Waals surface area contributed by atoms with Gasteiger partial charge in [-0.05, 0) is 26.0 Å². The fraction of sp³-hybridized carbons (Fsp3) is 0.550. The van der Waals surface area contributed by atoms with Gasteiger partial charge in [0.25, 0.3) is 0 Å². The largest absolute Gasteiger partial charge is 0.508 e. The van der Waals surface area contributed by atoms with Crippen molar-refractivity contribution in [2.45, 2.75) is 43.5 Å². The number of rotatable bonds is 5. The number of aromatic nitrogens is 3. The Morgan fingerprint density at radius 1 is 1.38 bits per heavy atom. The highest BCUT2D eigenvalue weighted by molar-refractivity contribution is 5.71. The molecule has 2 aromatic heterocycles. The Morgan fingerprint density at radius 3 is 2.84 bits per heavy atom. The summed E-state index contributed by atoms with van der Waals surface area (Å²) in [6.07, 6.45) is -0.109. The van der Waals surface area contributed by atoms with Gasteiger partial charge in [-0.25, -0.2) is 19.3 Å². The smallest absolute Gasteiger partial charge is 0.438 e. The summed E-state index contributed by atoms with van der Waals surface area (Å²) in [5.74, 6) is -0.536. The molecule has 2 saturated heterocycles. The van der Waals surface area contributed by atoms with E-state index in [0.29, 0.717) is 17.0 Å². The lowest BCUT2D eigenvalue weighted by Gasteiger charge is -2.28. The van der Waals surface area contributed by atoms with Crippen LogP contribution in [-0.4, -0.2) is 83.9 Å². The predicted octanol–water partition coefficient (Wildman–Crippen LogP) is 1.37. The van der Waals surface area contributed by atoms with E-state index in [0.717, 1.165) is 0 Å². The quantitative estimate of drug-likeness (QED) is 0.378. The average Bonchev–Trinajstić information content (AvgIpc) is 3.41. The zero-order chi connectivity index (χ0) is 23.1. The van der Waals surface area contributed by atoms with Crippen molar-refractivity contribution in [2.75, 3.05) is 27.8 Å². The Kier molecular flexibility index (Phi) is 5.49. The van der Waals surface area contributed by atoms with Gasteiger partial charge in [-0.15, -0.1) is 0 Å². The Labute approximate surface area is 184 Å². The molecule has 12 nitrogen and oxygen atoms in total. The molecule has 2 aromatic rings. The van der Waals surface area contributed by atoms with E-state index in [1.165, 1.54) is 13.4 Å². The Hall–Kier alpha value is -3.27. The van der Waals surface area contributed by atoms with E-state index in [1.54, 1.807) is 41.7 Å². The van der Waals surface area contributed by atoms with Gasteiger partial charge in [0.2, 0.25) is 5.60 Å². The van der Waals surface area contributed by atoms with Crippen molar-refractivity contribution < 1.29 is 28.5 Å². The molecule has 170 valence electrons. The number of carbonyl (C=O) groups is 1. The maximum absolute atomic E-state index is 11.5. The molecule has 4 atom stereocenters. The number of ether oxygens (including phenoxy) is 5. The average molecular weight is 444 g/mol. The molecule has 12 heteroatoms. The second-order valence-electron chi connectivity index (χ2n) is 8.10. The summed E-state index contributed by atoms with van der Waals surface area (Å²) >= 11 is 0. The van der Waals surface area contributed by atoms with Gasteiger partial charge in [0, 0.05) is 14.1 Å². The Morgan fingerprint density at radius 2 is 2.16 bits per heavy atom. The van der Waals surface area contributed by atoms with Gasteiger partial charge in [0.1, 0.15) is 42.8 Å². The summed E-state index contributed by atoms with van der Waals surface area (Å²) in [7, 11) is 4.90. The molecule has 4 rings (SSSR count). The molecule has 0 amide bonds. The molecular weight excluding hydrogens is 420 g/mol. The van der Waals surface area contributed by atoms with Gasteiger partial charge in [0.15, 0.2) is 11.6 Å². The van der Waals surface area contributed by atoms with Crippen molar-refractivity contribution in [1.29, 1.82) is 5.26 Å². The molecule has 0 unspecified atom stereocenters. The molecule has 4 heterocycles. The summed E-state index contributed by atoms with van der Waals surface area (Å²) in [5, 5.41) is 14.6. The monoisotopic (exact) mass is 444 g/mol. The van der Waals surface area contributed by atoms with Crippen molar-refractivity contribution in [1.82, 2.24) is 19.5 Å². The van der Waals surface area contributed by atoms with Crippen LogP contribution in [-0.2, 0) is 29.3 Å². The van der Waals surface area contributed by atoms with Crippen molar-refractivity contribution in [3.05, 3.63) is 24.2 Å². The predicted molar refractivity (Wildman–Crippen MR) is 109 cm³/mol. The fourth-order valence-electron chi connectivity index (χ4n) is 3.91. The van der Waals surface area contributed by atoms with E-state index in [1.807, 2.05) is 14.1 Å². The number of fused-ring (bicyclic) bond motifs is 2. The highest BCUT2D eigenvalue weighted by atomic mass is 16.8. The molecule has 0 radical (unpaired) electrons. The third kappa shape index (κ3) is 3.64. The van der Waals surface area contributed by atoms with Crippen molar-refractivity contribution in [3.63, 3.8) is 0 Å². The molecule has 32 heavy (non-hydrogen) atoms. The number of nitrogens with zero attached hydrogens (tertiary/aromatic N) is 6. The molecule has 2 aliphatic rings. The summed E-state index contributed by atoms with van der Waals surface area (Å²) in [5.41, 5.74) is -0.565. The summed E-state index contributed by atoms with van der Waals surface area (Å²) < 4.78 is 29.4. The molecule has 0 aromatic carbocycles. The van der Waals surface area contributed by atoms with E-state index in [-0.39, 0.29) is 6.61 Å². The zero-order valence-electron chi connectivity index (χ0n) is 18.4. The minimum Gasteiger partial charge on any atom is -0.438 e. The standard InChI is InChI=1S/C20H24N6O6/c1-19(2)31-15-13(8-29-18(27)28-5)30-20(9-21,16(15)32-19)14-7-6-12-17(23-11-25(3)4)22-10-24-26(12)14/h6-7,10-11,13,15-16H,8H2,1-5H3/t13-,15-,16-,20+/m1/s1. The van der Waals surface area contributed by atoms with E-state index in [2.05, 4.69) is 25.9 Å².